The minimum atomic E-state index is -1.26. The lowest BCUT2D eigenvalue weighted by Gasteiger charge is -2.14. The normalized spacial score (nSPS) is 11.6. The first kappa shape index (κ1) is 15.2. The Bertz CT molecular complexity index is 282. The van der Waals surface area contributed by atoms with Gasteiger partial charge in [0.05, 0.1) is 0 Å². The van der Waals surface area contributed by atoms with Gasteiger partial charge in [-0.2, -0.15) is 0 Å². The van der Waals surface area contributed by atoms with E-state index in [4.69, 9.17) is 15.9 Å². The van der Waals surface area contributed by atoms with Gasteiger partial charge in [-0.1, -0.05) is 0 Å². The summed E-state index contributed by atoms with van der Waals surface area (Å²) >= 11 is 0. The second kappa shape index (κ2) is 8.34. The highest BCUT2D eigenvalue weighted by Gasteiger charge is 2.20. The first-order chi connectivity index (χ1) is 7.97. The van der Waals surface area contributed by atoms with Crippen LogP contribution in [0.4, 0.5) is 4.79 Å². The van der Waals surface area contributed by atoms with E-state index in [1.807, 2.05) is 0 Å². The zero-order valence-corrected chi connectivity index (χ0v) is 9.31. The number of carboxylic acid groups (broad SMARTS) is 2. The molecule has 98 valence electrons. The summed E-state index contributed by atoms with van der Waals surface area (Å²) in [7, 11) is 0. The van der Waals surface area contributed by atoms with E-state index in [-0.39, 0.29) is 12.8 Å². The number of aliphatic carboxylic acids is 2. The van der Waals surface area contributed by atoms with Crippen LogP contribution in [-0.2, 0) is 9.59 Å². The van der Waals surface area contributed by atoms with Gasteiger partial charge in [-0.15, -0.1) is 0 Å². The van der Waals surface area contributed by atoms with Crippen molar-refractivity contribution in [2.45, 2.75) is 25.3 Å². The van der Waals surface area contributed by atoms with Crippen molar-refractivity contribution in [2.24, 2.45) is 5.73 Å². The Labute approximate surface area is 98.2 Å². The highest BCUT2D eigenvalue weighted by molar-refractivity contribution is 5.82. The quantitative estimate of drug-likeness (QED) is 0.346. The van der Waals surface area contributed by atoms with Crippen LogP contribution in [0.15, 0.2) is 0 Å². The largest absolute Gasteiger partial charge is 0.481 e. The van der Waals surface area contributed by atoms with Gasteiger partial charge < -0.3 is 26.6 Å². The lowest BCUT2D eigenvalue weighted by atomic mass is 10.1. The standard InChI is InChI=1S/C9H17N3O5/c10-4-1-5-11-9(17)12-6(8(15)16)2-3-7(13)14/h6H,1-5,10H2,(H,13,14)(H,15,16)(H2,11,12,17)/t6-/m0/s1. The Morgan fingerprint density at radius 3 is 2.35 bits per heavy atom. The van der Waals surface area contributed by atoms with Crippen LogP contribution in [0.2, 0.25) is 0 Å². The number of nitrogens with two attached hydrogens (primary N) is 1. The fourth-order valence-electron chi connectivity index (χ4n) is 1.04. The molecule has 0 aromatic heterocycles. The highest BCUT2D eigenvalue weighted by atomic mass is 16.4. The second-order valence-electron chi connectivity index (χ2n) is 3.37. The predicted molar refractivity (Wildman–Crippen MR) is 58.5 cm³/mol. The third-order valence-corrected chi connectivity index (χ3v) is 1.92. The van der Waals surface area contributed by atoms with Crippen LogP contribution in [-0.4, -0.2) is 47.3 Å². The predicted octanol–water partition coefficient (Wildman–Crippen LogP) is -1.05. The maximum Gasteiger partial charge on any atom is 0.326 e. The average molecular weight is 247 g/mol. The second-order valence-corrected chi connectivity index (χ2v) is 3.37. The van der Waals surface area contributed by atoms with E-state index < -0.39 is 24.0 Å². The van der Waals surface area contributed by atoms with Crippen molar-refractivity contribution < 1.29 is 24.6 Å². The number of hydrogen-bond acceptors (Lipinski definition) is 4. The molecule has 0 spiro atoms. The van der Waals surface area contributed by atoms with E-state index in [2.05, 4.69) is 10.6 Å². The monoisotopic (exact) mass is 247 g/mol. The van der Waals surface area contributed by atoms with Gasteiger partial charge in [-0.3, -0.25) is 4.79 Å². The van der Waals surface area contributed by atoms with Gasteiger partial charge in [0.2, 0.25) is 0 Å². The van der Waals surface area contributed by atoms with Gasteiger partial charge >= 0.3 is 18.0 Å². The van der Waals surface area contributed by atoms with E-state index in [1.165, 1.54) is 0 Å². The molecule has 0 aromatic rings. The molecule has 0 saturated carbocycles. The van der Waals surface area contributed by atoms with Crippen molar-refractivity contribution in [3.63, 3.8) is 0 Å². The summed E-state index contributed by atoms with van der Waals surface area (Å²) in [6.07, 6.45) is 0.106. The number of amides is 2. The minimum Gasteiger partial charge on any atom is -0.481 e. The topological polar surface area (TPSA) is 142 Å². The Morgan fingerprint density at radius 1 is 1.24 bits per heavy atom. The van der Waals surface area contributed by atoms with E-state index >= 15 is 0 Å². The highest BCUT2D eigenvalue weighted by Crippen LogP contribution is 1.97. The van der Waals surface area contributed by atoms with Crippen molar-refractivity contribution in [1.29, 1.82) is 0 Å². The number of urea groups is 1. The average Bonchev–Trinajstić information content (AvgIpc) is 2.23. The first-order valence-corrected chi connectivity index (χ1v) is 5.16. The summed E-state index contributed by atoms with van der Waals surface area (Å²) in [5.41, 5.74) is 5.21. The molecule has 0 aromatic carbocycles. The van der Waals surface area contributed by atoms with Gasteiger partial charge in [0.25, 0.3) is 0 Å². The molecule has 8 heteroatoms. The minimum absolute atomic E-state index is 0.158. The van der Waals surface area contributed by atoms with Crippen LogP contribution < -0.4 is 16.4 Å². The Balaban J connectivity index is 4.02. The SMILES string of the molecule is NCCCNC(=O)N[C@@H](CCC(=O)O)C(=O)O. The zero-order chi connectivity index (χ0) is 13.3. The molecule has 0 aliphatic heterocycles. The van der Waals surface area contributed by atoms with Gasteiger partial charge in [0, 0.05) is 13.0 Å². The number of hydrogen-bond donors (Lipinski definition) is 5. The molecule has 17 heavy (non-hydrogen) atoms. The van der Waals surface area contributed by atoms with Crippen molar-refractivity contribution in [2.75, 3.05) is 13.1 Å². The smallest absolute Gasteiger partial charge is 0.326 e. The summed E-state index contributed by atoms with van der Waals surface area (Å²) in [6.45, 7) is 0.759. The van der Waals surface area contributed by atoms with Crippen LogP contribution in [0, 0.1) is 0 Å². The van der Waals surface area contributed by atoms with Crippen LogP contribution >= 0.6 is 0 Å². The molecule has 0 radical (unpaired) electrons. The lowest BCUT2D eigenvalue weighted by Crippen LogP contribution is -2.46. The number of carboxylic acids is 2. The van der Waals surface area contributed by atoms with E-state index in [0.717, 1.165) is 0 Å². The van der Waals surface area contributed by atoms with Crippen molar-refractivity contribution >= 4 is 18.0 Å². The molecule has 2 amide bonds. The molecule has 0 bridgehead atoms. The molecule has 0 fully saturated rings. The molecule has 0 aliphatic carbocycles. The summed E-state index contributed by atoms with van der Waals surface area (Å²) < 4.78 is 0. The number of nitrogens with one attached hydrogen (secondary N) is 2. The third-order valence-electron chi connectivity index (χ3n) is 1.92. The van der Waals surface area contributed by atoms with Crippen LogP contribution in [0.5, 0.6) is 0 Å². The van der Waals surface area contributed by atoms with E-state index in [1.54, 1.807) is 0 Å². The number of carbonyl (C=O) groups excluding carboxylic acids is 1. The molecule has 6 N–H and O–H groups in total. The van der Waals surface area contributed by atoms with Crippen molar-refractivity contribution in [1.82, 2.24) is 10.6 Å². The maximum absolute atomic E-state index is 11.2. The summed E-state index contributed by atoms with van der Waals surface area (Å²) in [6, 6.07) is -1.85. The molecule has 8 nitrogen and oxygen atoms in total. The molecule has 1 atom stereocenters. The number of rotatable bonds is 8. The zero-order valence-electron chi connectivity index (χ0n) is 9.31. The Kier molecular flexibility index (Phi) is 7.44. The lowest BCUT2D eigenvalue weighted by molar-refractivity contribution is -0.140. The van der Waals surface area contributed by atoms with Crippen molar-refractivity contribution in [3.05, 3.63) is 0 Å². The van der Waals surface area contributed by atoms with Gasteiger partial charge in [0.1, 0.15) is 6.04 Å². The molecule has 0 saturated heterocycles. The van der Waals surface area contributed by atoms with E-state index in [9.17, 15) is 14.4 Å². The van der Waals surface area contributed by atoms with Gasteiger partial charge in [-0.25, -0.2) is 9.59 Å². The van der Waals surface area contributed by atoms with Crippen LogP contribution in [0.1, 0.15) is 19.3 Å². The molecular weight excluding hydrogens is 230 g/mol. The van der Waals surface area contributed by atoms with Gasteiger partial charge in [0.15, 0.2) is 0 Å². The summed E-state index contributed by atoms with van der Waals surface area (Å²) in [4.78, 5) is 32.2. The van der Waals surface area contributed by atoms with Gasteiger partial charge in [-0.05, 0) is 19.4 Å². The maximum atomic E-state index is 11.2. The summed E-state index contributed by atoms with van der Waals surface area (Å²) in [5.74, 6) is -2.37. The first-order valence-electron chi connectivity index (χ1n) is 5.16. The summed E-state index contributed by atoms with van der Waals surface area (Å²) in [5, 5.41) is 21.8. The third kappa shape index (κ3) is 8.03. The fraction of sp³-hybridized carbons (Fsp3) is 0.667. The fourth-order valence-corrected chi connectivity index (χ4v) is 1.04. The Hall–Kier alpha value is -1.83. The van der Waals surface area contributed by atoms with Crippen molar-refractivity contribution in [3.8, 4) is 0 Å². The molecule has 0 unspecified atom stereocenters. The number of carbonyl (C=O) groups is 3. The molecular formula is C9H17N3O5. The molecule has 0 aliphatic rings. The molecule has 0 heterocycles. The van der Waals surface area contributed by atoms with Crippen LogP contribution in [0.3, 0.4) is 0 Å². The molecule has 0 rings (SSSR count). The van der Waals surface area contributed by atoms with E-state index in [0.29, 0.717) is 19.5 Å². The van der Waals surface area contributed by atoms with Crippen LogP contribution in [0.25, 0.3) is 0 Å². The Morgan fingerprint density at radius 2 is 1.88 bits per heavy atom.